The lowest BCUT2D eigenvalue weighted by Crippen LogP contribution is -2.60. The Kier molecular flexibility index (Phi) is 2.27. The van der Waals surface area contributed by atoms with Crippen LogP contribution in [0.25, 0.3) is 0 Å². The van der Waals surface area contributed by atoms with Crippen LogP contribution in [0, 0.1) is 0 Å². The summed E-state index contributed by atoms with van der Waals surface area (Å²) in [5, 5.41) is 0. The van der Waals surface area contributed by atoms with E-state index in [0.717, 1.165) is 30.9 Å². The number of methoxy groups -OCH3 is 1. The van der Waals surface area contributed by atoms with Gasteiger partial charge in [-0.25, -0.2) is 0 Å². The van der Waals surface area contributed by atoms with Crippen molar-refractivity contribution in [3.63, 3.8) is 0 Å². The number of allylic oxidation sites excluding steroid dienone is 1. The van der Waals surface area contributed by atoms with Crippen molar-refractivity contribution in [2.24, 2.45) is 0 Å². The monoisotopic (exact) mass is 297 g/mol. The fourth-order valence-corrected chi connectivity index (χ4v) is 5.08. The number of carbonyl (C=O) groups is 1. The van der Waals surface area contributed by atoms with E-state index in [1.54, 1.807) is 7.11 Å². The van der Waals surface area contributed by atoms with Crippen molar-refractivity contribution in [1.82, 2.24) is 4.90 Å². The number of benzene rings is 1. The molecule has 2 heterocycles. The predicted octanol–water partition coefficient (Wildman–Crippen LogP) is 1.85. The standard InChI is InChI=1S/C18H19NO3/c1-19-8-7-18-11-4-5-13(20)17(18)22-16-14(21-2)6-3-10(15(16)18)9-12(11)19/h3-4,6,12,17H,5,7-9H2,1-2H3. The van der Waals surface area contributed by atoms with Gasteiger partial charge in [0.15, 0.2) is 23.4 Å². The lowest BCUT2D eigenvalue weighted by Gasteiger charge is -2.52. The number of carbonyl (C=O) groups excluding carboxylic acids is 1. The van der Waals surface area contributed by atoms with Crippen LogP contribution in [-0.2, 0) is 16.6 Å². The maximum atomic E-state index is 12.6. The third-order valence-corrected chi connectivity index (χ3v) is 6.05. The molecule has 1 saturated heterocycles. The van der Waals surface area contributed by atoms with E-state index in [1.165, 1.54) is 16.7 Å². The zero-order chi connectivity index (χ0) is 15.1. The van der Waals surface area contributed by atoms with E-state index in [1.807, 2.05) is 6.07 Å². The number of Topliss-reactive ketones (excluding diaryl/α,β-unsaturated/α-hetero) is 1. The molecule has 0 N–H and O–H groups in total. The highest BCUT2D eigenvalue weighted by Crippen LogP contribution is 2.61. The second-order valence-corrected chi connectivity index (χ2v) is 6.88. The van der Waals surface area contributed by atoms with E-state index >= 15 is 0 Å². The Labute approximate surface area is 129 Å². The largest absolute Gasteiger partial charge is 0.493 e. The highest BCUT2D eigenvalue weighted by atomic mass is 16.5. The van der Waals surface area contributed by atoms with Gasteiger partial charge in [0.05, 0.1) is 12.5 Å². The molecule has 114 valence electrons. The summed E-state index contributed by atoms with van der Waals surface area (Å²) in [5.74, 6) is 1.78. The maximum Gasteiger partial charge on any atom is 0.178 e. The third kappa shape index (κ3) is 1.23. The number of likely N-dealkylation sites (tertiary alicyclic amines) is 1. The van der Waals surface area contributed by atoms with E-state index in [9.17, 15) is 4.79 Å². The van der Waals surface area contributed by atoms with Gasteiger partial charge in [-0.2, -0.15) is 0 Å². The highest BCUT2D eigenvalue weighted by Gasteiger charge is 2.62. The Bertz CT molecular complexity index is 738. The summed E-state index contributed by atoms with van der Waals surface area (Å²) in [6, 6.07) is 4.55. The topological polar surface area (TPSA) is 38.8 Å². The van der Waals surface area contributed by atoms with Crippen molar-refractivity contribution in [1.29, 1.82) is 0 Å². The van der Waals surface area contributed by atoms with Crippen molar-refractivity contribution in [2.75, 3.05) is 20.7 Å². The Morgan fingerprint density at radius 1 is 1.41 bits per heavy atom. The molecule has 0 saturated carbocycles. The van der Waals surface area contributed by atoms with Crippen LogP contribution in [0.15, 0.2) is 23.8 Å². The fourth-order valence-electron chi connectivity index (χ4n) is 5.08. The molecule has 4 heteroatoms. The number of hydrogen-bond acceptors (Lipinski definition) is 4. The summed E-state index contributed by atoms with van der Waals surface area (Å²) in [5.41, 5.74) is 3.73. The number of ether oxygens (including phenoxy) is 2. The van der Waals surface area contributed by atoms with Gasteiger partial charge in [0.1, 0.15) is 0 Å². The Morgan fingerprint density at radius 3 is 3.09 bits per heavy atom. The van der Waals surface area contributed by atoms with Crippen molar-refractivity contribution in [2.45, 2.75) is 36.8 Å². The predicted molar refractivity (Wildman–Crippen MR) is 81.5 cm³/mol. The van der Waals surface area contributed by atoms with Gasteiger partial charge in [0.2, 0.25) is 0 Å². The minimum absolute atomic E-state index is 0.207. The number of ketones is 1. The van der Waals surface area contributed by atoms with Gasteiger partial charge in [-0.1, -0.05) is 12.1 Å². The maximum absolute atomic E-state index is 12.6. The number of piperidine rings is 1. The number of hydrogen-bond donors (Lipinski definition) is 0. The molecule has 0 amide bonds. The Balaban J connectivity index is 1.86. The van der Waals surface area contributed by atoms with Crippen molar-refractivity contribution in [3.8, 4) is 11.5 Å². The fraction of sp³-hybridized carbons (Fsp3) is 0.500. The van der Waals surface area contributed by atoms with Gasteiger partial charge >= 0.3 is 0 Å². The average molecular weight is 297 g/mol. The summed E-state index contributed by atoms with van der Waals surface area (Å²) in [7, 11) is 3.86. The first kappa shape index (κ1) is 12.7. The van der Waals surface area contributed by atoms with Gasteiger partial charge < -0.3 is 9.47 Å². The molecule has 2 bridgehead atoms. The van der Waals surface area contributed by atoms with Crippen LogP contribution in [0.2, 0.25) is 0 Å². The molecular weight excluding hydrogens is 278 g/mol. The smallest absolute Gasteiger partial charge is 0.178 e. The molecule has 0 aromatic heterocycles. The molecule has 3 unspecified atom stereocenters. The van der Waals surface area contributed by atoms with Crippen LogP contribution < -0.4 is 9.47 Å². The molecule has 1 aromatic rings. The summed E-state index contributed by atoms with van der Waals surface area (Å²) < 4.78 is 11.7. The molecule has 22 heavy (non-hydrogen) atoms. The molecular formula is C18H19NO3. The second kappa shape index (κ2) is 3.93. The average Bonchev–Trinajstić information content (AvgIpc) is 2.88. The van der Waals surface area contributed by atoms with Crippen molar-refractivity contribution < 1.29 is 14.3 Å². The van der Waals surface area contributed by atoms with E-state index in [4.69, 9.17) is 9.47 Å². The quantitative estimate of drug-likeness (QED) is 0.742. The SMILES string of the molecule is COc1ccc2c3c1OC1C(=O)CC=C4C(C2)N(C)CCC431. The molecule has 3 atom stereocenters. The molecule has 2 aliphatic carbocycles. The molecule has 0 radical (unpaired) electrons. The Hall–Kier alpha value is -1.81. The zero-order valence-corrected chi connectivity index (χ0v) is 12.9. The second-order valence-electron chi connectivity index (χ2n) is 6.88. The Morgan fingerprint density at radius 2 is 2.27 bits per heavy atom. The normalized spacial score (nSPS) is 34.8. The molecule has 2 aliphatic heterocycles. The van der Waals surface area contributed by atoms with Gasteiger partial charge in [-0.15, -0.1) is 0 Å². The zero-order valence-electron chi connectivity index (χ0n) is 12.9. The first-order valence-electron chi connectivity index (χ1n) is 7.97. The molecule has 1 spiro atoms. The van der Waals surface area contributed by atoms with Crippen LogP contribution in [0.5, 0.6) is 11.5 Å². The van der Waals surface area contributed by atoms with Gasteiger partial charge in [0, 0.05) is 18.0 Å². The van der Waals surface area contributed by atoms with Crippen LogP contribution in [0.3, 0.4) is 0 Å². The minimum Gasteiger partial charge on any atom is -0.493 e. The lowest BCUT2D eigenvalue weighted by molar-refractivity contribution is -0.128. The number of rotatable bonds is 1. The van der Waals surface area contributed by atoms with Crippen LogP contribution >= 0.6 is 0 Å². The van der Waals surface area contributed by atoms with Gasteiger partial charge in [0.25, 0.3) is 0 Å². The van der Waals surface area contributed by atoms with Crippen LogP contribution in [0.4, 0.5) is 0 Å². The summed E-state index contributed by atoms with van der Waals surface area (Å²) in [4.78, 5) is 15.0. The van der Waals surface area contributed by atoms with Crippen LogP contribution in [-0.4, -0.2) is 43.5 Å². The third-order valence-electron chi connectivity index (χ3n) is 6.05. The first-order valence-corrected chi connectivity index (χ1v) is 7.97. The number of nitrogens with zero attached hydrogens (tertiary/aromatic N) is 1. The van der Waals surface area contributed by atoms with Crippen LogP contribution in [0.1, 0.15) is 24.0 Å². The van der Waals surface area contributed by atoms with Gasteiger partial charge in [-0.05, 0) is 43.6 Å². The van der Waals surface area contributed by atoms with E-state index in [0.29, 0.717) is 12.5 Å². The van der Waals surface area contributed by atoms with Gasteiger partial charge in [-0.3, -0.25) is 9.69 Å². The highest BCUT2D eigenvalue weighted by molar-refractivity contribution is 5.92. The molecule has 5 rings (SSSR count). The molecule has 1 fully saturated rings. The number of likely N-dealkylation sites (N-methyl/N-ethyl adjacent to an activating group) is 1. The van der Waals surface area contributed by atoms with E-state index in [-0.39, 0.29) is 17.3 Å². The lowest BCUT2D eigenvalue weighted by atomic mass is 9.56. The van der Waals surface area contributed by atoms with E-state index < -0.39 is 0 Å². The summed E-state index contributed by atoms with van der Waals surface area (Å²) >= 11 is 0. The molecule has 4 aliphatic rings. The first-order chi connectivity index (χ1) is 10.7. The van der Waals surface area contributed by atoms with Crippen molar-refractivity contribution >= 4 is 5.78 Å². The van der Waals surface area contributed by atoms with Crippen molar-refractivity contribution in [3.05, 3.63) is 34.9 Å². The minimum atomic E-state index is -0.353. The van der Waals surface area contributed by atoms with E-state index in [2.05, 4.69) is 24.1 Å². The molecule has 4 nitrogen and oxygen atoms in total. The summed E-state index contributed by atoms with van der Waals surface area (Å²) in [6.07, 6.45) is 4.28. The summed E-state index contributed by atoms with van der Waals surface area (Å²) in [6.45, 7) is 1.01. The molecule has 1 aromatic carbocycles.